The minimum atomic E-state index is -0.0600. The van der Waals surface area contributed by atoms with Crippen LogP contribution >= 0.6 is 0 Å². The van der Waals surface area contributed by atoms with Crippen LogP contribution in [0.3, 0.4) is 0 Å². The highest BCUT2D eigenvalue weighted by atomic mass is 16.1. The summed E-state index contributed by atoms with van der Waals surface area (Å²) in [6, 6.07) is 9.50. The van der Waals surface area contributed by atoms with E-state index in [1.807, 2.05) is 44.2 Å². The summed E-state index contributed by atoms with van der Waals surface area (Å²) in [6.45, 7) is 4.62. The standard InChI is InChI=1S/C16H16N4O/c1-3-8-20-15(10-17-19-20)16(21)13-9-11(2)18-14-7-5-4-6-12(13)14/h4-7,9-10H,3,8H2,1-2H3. The molecule has 0 aliphatic heterocycles. The van der Waals surface area contributed by atoms with E-state index in [0.717, 1.165) is 23.0 Å². The molecule has 1 aromatic carbocycles. The van der Waals surface area contributed by atoms with Crippen LogP contribution in [-0.4, -0.2) is 25.8 Å². The summed E-state index contributed by atoms with van der Waals surface area (Å²) in [5.41, 5.74) is 2.83. The summed E-state index contributed by atoms with van der Waals surface area (Å²) in [7, 11) is 0. The van der Waals surface area contributed by atoms with Crippen molar-refractivity contribution >= 4 is 16.7 Å². The number of rotatable bonds is 4. The first-order valence-corrected chi connectivity index (χ1v) is 7.00. The zero-order valence-electron chi connectivity index (χ0n) is 12.1. The Kier molecular flexibility index (Phi) is 3.48. The molecule has 0 aliphatic rings. The number of para-hydroxylation sites is 1. The first-order valence-electron chi connectivity index (χ1n) is 7.00. The van der Waals surface area contributed by atoms with Gasteiger partial charge in [-0.2, -0.15) is 0 Å². The molecule has 21 heavy (non-hydrogen) atoms. The van der Waals surface area contributed by atoms with E-state index in [4.69, 9.17) is 0 Å². The number of ketones is 1. The summed E-state index contributed by atoms with van der Waals surface area (Å²) < 4.78 is 1.66. The van der Waals surface area contributed by atoms with Crippen LogP contribution in [-0.2, 0) is 6.54 Å². The Balaban J connectivity index is 2.15. The maximum Gasteiger partial charge on any atom is 0.213 e. The molecule has 0 saturated carbocycles. The van der Waals surface area contributed by atoms with Crippen LogP contribution in [0.25, 0.3) is 10.9 Å². The van der Waals surface area contributed by atoms with Crippen molar-refractivity contribution in [1.82, 2.24) is 20.0 Å². The lowest BCUT2D eigenvalue weighted by Crippen LogP contribution is -2.12. The topological polar surface area (TPSA) is 60.7 Å². The molecule has 106 valence electrons. The molecule has 0 fully saturated rings. The van der Waals surface area contributed by atoms with Crippen LogP contribution in [0.15, 0.2) is 36.5 Å². The molecule has 0 bridgehead atoms. The second-order valence-corrected chi connectivity index (χ2v) is 5.00. The second kappa shape index (κ2) is 5.44. The molecule has 5 nitrogen and oxygen atoms in total. The molecule has 3 rings (SSSR count). The molecule has 0 saturated heterocycles. The van der Waals surface area contributed by atoms with Gasteiger partial charge < -0.3 is 0 Å². The van der Waals surface area contributed by atoms with Gasteiger partial charge in [0, 0.05) is 23.2 Å². The van der Waals surface area contributed by atoms with E-state index >= 15 is 0 Å². The number of nitrogens with zero attached hydrogens (tertiary/aromatic N) is 4. The molecule has 0 radical (unpaired) electrons. The van der Waals surface area contributed by atoms with E-state index in [9.17, 15) is 4.79 Å². The second-order valence-electron chi connectivity index (χ2n) is 5.00. The highest BCUT2D eigenvalue weighted by Gasteiger charge is 2.18. The molecule has 0 spiro atoms. The van der Waals surface area contributed by atoms with Crippen LogP contribution in [0.5, 0.6) is 0 Å². The van der Waals surface area contributed by atoms with E-state index in [0.29, 0.717) is 17.8 Å². The highest BCUT2D eigenvalue weighted by Crippen LogP contribution is 2.21. The van der Waals surface area contributed by atoms with Gasteiger partial charge in [-0.25, -0.2) is 4.68 Å². The summed E-state index contributed by atoms with van der Waals surface area (Å²) in [6.07, 6.45) is 2.43. The van der Waals surface area contributed by atoms with Crippen LogP contribution in [0.2, 0.25) is 0 Å². The summed E-state index contributed by atoms with van der Waals surface area (Å²) >= 11 is 0. The molecule has 2 aromatic heterocycles. The minimum Gasteiger partial charge on any atom is -0.287 e. The average molecular weight is 280 g/mol. The van der Waals surface area contributed by atoms with E-state index in [-0.39, 0.29) is 5.78 Å². The Bertz CT molecular complexity index is 807. The van der Waals surface area contributed by atoms with Crippen molar-refractivity contribution in [2.45, 2.75) is 26.8 Å². The monoisotopic (exact) mass is 280 g/mol. The number of aryl methyl sites for hydroxylation is 2. The molecule has 3 aromatic rings. The molecular weight excluding hydrogens is 264 g/mol. The van der Waals surface area contributed by atoms with Crippen molar-refractivity contribution in [1.29, 1.82) is 0 Å². The molecule has 0 aliphatic carbocycles. The van der Waals surface area contributed by atoms with Gasteiger partial charge in [-0.15, -0.1) is 5.10 Å². The number of hydrogen-bond acceptors (Lipinski definition) is 4. The smallest absolute Gasteiger partial charge is 0.213 e. The van der Waals surface area contributed by atoms with E-state index in [1.54, 1.807) is 4.68 Å². The van der Waals surface area contributed by atoms with Gasteiger partial charge in [0.2, 0.25) is 5.78 Å². The van der Waals surface area contributed by atoms with E-state index in [1.165, 1.54) is 6.20 Å². The minimum absolute atomic E-state index is 0.0600. The van der Waals surface area contributed by atoms with Gasteiger partial charge in [0.05, 0.1) is 11.7 Å². The molecule has 0 N–H and O–H groups in total. The zero-order chi connectivity index (χ0) is 14.8. The number of carbonyl (C=O) groups excluding carboxylic acids is 1. The average Bonchev–Trinajstić information content (AvgIpc) is 2.94. The Morgan fingerprint density at radius 2 is 2.10 bits per heavy atom. The van der Waals surface area contributed by atoms with E-state index in [2.05, 4.69) is 15.3 Å². The zero-order valence-corrected chi connectivity index (χ0v) is 12.1. The molecule has 0 unspecified atom stereocenters. The Hall–Kier alpha value is -2.56. The molecule has 0 atom stereocenters. The van der Waals surface area contributed by atoms with Crippen molar-refractivity contribution in [2.75, 3.05) is 0 Å². The van der Waals surface area contributed by atoms with Gasteiger partial charge in [0.1, 0.15) is 5.69 Å². The van der Waals surface area contributed by atoms with Gasteiger partial charge in [-0.05, 0) is 25.5 Å². The van der Waals surface area contributed by atoms with Gasteiger partial charge >= 0.3 is 0 Å². The quantitative estimate of drug-likeness (QED) is 0.689. The number of pyridine rings is 1. The summed E-state index contributed by atoms with van der Waals surface area (Å²) in [5, 5.41) is 8.71. The Morgan fingerprint density at radius 3 is 2.90 bits per heavy atom. The third-order valence-corrected chi connectivity index (χ3v) is 3.37. The van der Waals surface area contributed by atoms with Crippen molar-refractivity contribution in [3.05, 3.63) is 53.5 Å². The largest absolute Gasteiger partial charge is 0.287 e. The number of benzene rings is 1. The third-order valence-electron chi connectivity index (χ3n) is 3.37. The SMILES string of the molecule is CCCn1nncc1C(=O)c1cc(C)nc2ccccc12. The lowest BCUT2D eigenvalue weighted by Gasteiger charge is -2.08. The van der Waals surface area contributed by atoms with Crippen molar-refractivity contribution in [3.63, 3.8) is 0 Å². The fraction of sp³-hybridized carbons (Fsp3) is 0.250. The van der Waals surface area contributed by atoms with Crippen LogP contribution in [0, 0.1) is 6.92 Å². The van der Waals surface area contributed by atoms with Gasteiger partial charge in [0.15, 0.2) is 0 Å². The lowest BCUT2D eigenvalue weighted by molar-refractivity contribution is 0.103. The first-order chi connectivity index (χ1) is 10.2. The normalized spacial score (nSPS) is 11.0. The lowest BCUT2D eigenvalue weighted by atomic mass is 10.0. The third kappa shape index (κ3) is 2.42. The molecule has 2 heterocycles. The summed E-state index contributed by atoms with van der Waals surface area (Å²) in [5.74, 6) is -0.0600. The highest BCUT2D eigenvalue weighted by molar-refractivity contribution is 6.15. The van der Waals surface area contributed by atoms with Crippen molar-refractivity contribution in [2.24, 2.45) is 0 Å². The van der Waals surface area contributed by atoms with Gasteiger partial charge in [-0.3, -0.25) is 9.78 Å². The molecular formula is C16H16N4O. The number of aromatic nitrogens is 4. The first kappa shape index (κ1) is 13.4. The van der Waals surface area contributed by atoms with E-state index < -0.39 is 0 Å². The molecule has 0 amide bonds. The predicted octanol–water partition coefficient (Wildman–Crippen LogP) is 2.78. The Morgan fingerprint density at radius 1 is 1.29 bits per heavy atom. The van der Waals surface area contributed by atoms with Crippen molar-refractivity contribution < 1.29 is 4.79 Å². The maximum atomic E-state index is 12.8. The van der Waals surface area contributed by atoms with Crippen LogP contribution in [0.1, 0.15) is 35.1 Å². The Labute approximate surface area is 122 Å². The number of hydrogen-bond donors (Lipinski definition) is 0. The van der Waals surface area contributed by atoms with Gasteiger partial charge in [0.25, 0.3) is 0 Å². The fourth-order valence-corrected chi connectivity index (χ4v) is 2.44. The number of fused-ring (bicyclic) bond motifs is 1. The maximum absolute atomic E-state index is 12.8. The fourth-order valence-electron chi connectivity index (χ4n) is 2.44. The van der Waals surface area contributed by atoms with Crippen LogP contribution < -0.4 is 0 Å². The van der Waals surface area contributed by atoms with Crippen LogP contribution in [0.4, 0.5) is 0 Å². The predicted molar refractivity (Wildman–Crippen MR) is 80.2 cm³/mol. The van der Waals surface area contributed by atoms with Crippen molar-refractivity contribution in [3.8, 4) is 0 Å². The van der Waals surface area contributed by atoms with Gasteiger partial charge in [-0.1, -0.05) is 30.3 Å². The summed E-state index contributed by atoms with van der Waals surface area (Å²) in [4.78, 5) is 17.3. The number of carbonyl (C=O) groups is 1. The molecule has 5 heteroatoms.